The highest BCUT2D eigenvalue weighted by Gasteiger charge is 2.42. The highest BCUT2D eigenvalue weighted by Crippen LogP contribution is 2.44. The molecular formula is C32H37N5S. The summed E-state index contributed by atoms with van der Waals surface area (Å²) in [7, 11) is 0. The fourth-order valence-electron chi connectivity index (χ4n) is 5.92. The predicted molar refractivity (Wildman–Crippen MR) is 163 cm³/mol. The summed E-state index contributed by atoms with van der Waals surface area (Å²) in [5.74, 6) is 0. The van der Waals surface area contributed by atoms with Crippen molar-refractivity contribution in [2.24, 2.45) is 0 Å². The lowest BCUT2D eigenvalue weighted by molar-refractivity contribution is 0.565. The molecule has 2 aromatic heterocycles. The van der Waals surface area contributed by atoms with Crippen LogP contribution in [0, 0.1) is 27.7 Å². The monoisotopic (exact) mass is 523 g/mol. The van der Waals surface area contributed by atoms with Gasteiger partial charge in [0.25, 0.3) is 0 Å². The largest absolute Gasteiger partial charge is 0.372 e. The average Bonchev–Trinajstić information content (AvgIpc) is 3.40. The molecule has 0 amide bonds. The number of nitrogens with zero attached hydrogens (tertiary/aromatic N) is 4. The number of hydrogen-bond donors (Lipinski definition) is 1. The first kappa shape index (κ1) is 26.0. The lowest BCUT2D eigenvalue weighted by Crippen LogP contribution is -2.29. The van der Waals surface area contributed by atoms with E-state index in [9.17, 15) is 0 Å². The second-order valence-corrected chi connectivity index (χ2v) is 10.6. The molecule has 0 aliphatic carbocycles. The molecule has 0 spiro atoms. The van der Waals surface area contributed by atoms with Crippen molar-refractivity contribution in [2.75, 3.05) is 22.9 Å². The third-order valence-corrected chi connectivity index (χ3v) is 7.92. The van der Waals surface area contributed by atoms with Crippen molar-refractivity contribution in [2.45, 2.75) is 53.6 Å². The zero-order chi connectivity index (χ0) is 27.0. The van der Waals surface area contributed by atoms with E-state index in [0.717, 1.165) is 29.6 Å². The molecule has 4 aromatic rings. The van der Waals surface area contributed by atoms with Gasteiger partial charge in [-0.3, -0.25) is 4.98 Å². The maximum atomic E-state index is 5.98. The number of thiocarbonyl (C=S) groups is 1. The first-order valence-corrected chi connectivity index (χ1v) is 13.9. The van der Waals surface area contributed by atoms with Crippen molar-refractivity contribution in [3.8, 4) is 5.69 Å². The van der Waals surface area contributed by atoms with Gasteiger partial charge in [-0.05, 0) is 125 Å². The standard InChI is InChI=1S/C32H37N5S/c1-7-35(8-2)25-12-14-26(15-13-25)36-23(5)20-28(24(36)6)31-30(29-11-9-10-16-33-29)34-32(38)37(31)27-18-21(3)17-22(4)19-27/h9-20,30-31H,7-8H2,1-6H3,(H,34,38). The zero-order valence-electron chi connectivity index (χ0n) is 23.2. The number of pyridine rings is 1. The van der Waals surface area contributed by atoms with Crippen molar-refractivity contribution in [3.05, 3.63) is 107 Å². The van der Waals surface area contributed by atoms with Crippen LogP contribution in [0.5, 0.6) is 0 Å². The second kappa shape index (κ2) is 10.6. The summed E-state index contributed by atoms with van der Waals surface area (Å²) in [5.41, 5.74) is 10.6. The molecule has 6 heteroatoms. The Morgan fingerprint density at radius 2 is 1.55 bits per heavy atom. The molecule has 2 unspecified atom stereocenters. The van der Waals surface area contributed by atoms with Crippen molar-refractivity contribution in [1.29, 1.82) is 0 Å². The molecule has 38 heavy (non-hydrogen) atoms. The van der Waals surface area contributed by atoms with Gasteiger partial charge in [0.1, 0.15) is 0 Å². The Balaban J connectivity index is 1.63. The number of rotatable bonds is 7. The van der Waals surface area contributed by atoms with Crippen LogP contribution in [0.4, 0.5) is 11.4 Å². The van der Waals surface area contributed by atoms with Crippen LogP contribution in [0.1, 0.15) is 59.7 Å². The van der Waals surface area contributed by atoms with E-state index in [1.165, 1.54) is 39.5 Å². The normalized spacial score (nSPS) is 17.1. The Hall–Kier alpha value is -3.64. The van der Waals surface area contributed by atoms with Crippen molar-refractivity contribution < 1.29 is 0 Å². The smallest absolute Gasteiger partial charge is 0.174 e. The number of anilines is 2. The van der Waals surface area contributed by atoms with Crippen molar-refractivity contribution in [1.82, 2.24) is 14.9 Å². The summed E-state index contributed by atoms with van der Waals surface area (Å²) in [6, 6.07) is 23.9. The van der Waals surface area contributed by atoms with E-state index >= 15 is 0 Å². The molecule has 1 fully saturated rings. The molecular weight excluding hydrogens is 486 g/mol. The Kier molecular flexibility index (Phi) is 7.26. The maximum Gasteiger partial charge on any atom is 0.174 e. The summed E-state index contributed by atoms with van der Waals surface area (Å²) in [4.78, 5) is 9.39. The SMILES string of the molecule is CCN(CC)c1ccc(-n2c(C)cc(C3C(c4ccccn4)NC(=S)N3c3cc(C)cc(C)c3)c2C)cc1. The Labute approximate surface area is 232 Å². The molecule has 0 bridgehead atoms. The summed E-state index contributed by atoms with van der Waals surface area (Å²) >= 11 is 5.98. The summed E-state index contributed by atoms with van der Waals surface area (Å²) in [6.07, 6.45) is 1.86. The molecule has 196 valence electrons. The highest BCUT2D eigenvalue weighted by atomic mass is 32.1. The molecule has 1 N–H and O–H groups in total. The molecule has 3 heterocycles. The minimum absolute atomic E-state index is 0.0338. The lowest BCUT2D eigenvalue weighted by atomic mass is 9.96. The molecule has 1 saturated heterocycles. The van der Waals surface area contributed by atoms with Crippen LogP contribution in [-0.4, -0.2) is 27.8 Å². The van der Waals surface area contributed by atoms with E-state index in [1.807, 2.05) is 18.3 Å². The van der Waals surface area contributed by atoms with Gasteiger partial charge >= 0.3 is 0 Å². The zero-order valence-corrected chi connectivity index (χ0v) is 24.0. The average molecular weight is 524 g/mol. The second-order valence-electron chi connectivity index (χ2n) is 10.2. The molecule has 1 aliphatic rings. The third-order valence-electron chi connectivity index (χ3n) is 7.61. The molecule has 0 radical (unpaired) electrons. The van der Waals surface area contributed by atoms with Crippen LogP contribution < -0.4 is 15.1 Å². The van der Waals surface area contributed by atoms with Gasteiger partial charge in [0.15, 0.2) is 5.11 Å². The number of aryl methyl sites for hydroxylation is 3. The van der Waals surface area contributed by atoms with Gasteiger partial charge < -0.3 is 19.7 Å². The van der Waals surface area contributed by atoms with E-state index in [0.29, 0.717) is 0 Å². The minimum Gasteiger partial charge on any atom is -0.372 e. The van der Waals surface area contributed by atoms with Crippen LogP contribution in [0.3, 0.4) is 0 Å². The number of nitrogens with one attached hydrogen (secondary N) is 1. The van der Waals surface area contributed by atoms with Crippen molar-refractivity contribution in [3.63, 3.8) is 0 Å². The fourth-order valence-corrected chi connectivity index (χ4v) is 6.27. The molecule has 2 aromatic carbocycles. The first-order chi connectivity index (χ1) is 18.3. The first-order valence-electron chi connectivity index (χ1n) is 13.5. The summed E-state index contributed by atoms with van der Waals surface area (Å²) in [5, 5.41) is 4.34. The van der Waals surface area contributed by atoms with Crippen LogP contribution in [0.25, 0.3) is 5.69 Å². The van der Waals surface area contributed by atoms with Crippen LogP contribution in [0.2, 0.25) is 0 Å². The van der Waals surface area contributed by atoms with E-state index in [-0.39, 0.29) is 12.1 Å². The minimum atomic E-state index is -0.0662. The van der Waals surface area contributed by atoms with Gasteiger partial charge in [-0.2, -0.15) is 0 Å². The molecule has 2 atom stereocenters. The quantitative estimate of drug-likeness (QED) is 0.261. The number of aromatic nitrogens is 2. The van der Waals surface area contributed by atoms with Crippen LogP contribution in [0.15, 0.2) is 72.9 Å². The number of benzene rings is 2. The van der Waals surface area contributed by atoms with Gasteiger partial charge in [0.05, 0.1) is 17.8 Å². The molecule has 1 aliphatic heterocycles. The topological polar surface area (TPSA) is 36.3 Å². The van der Waals surface area contributed by atoms with Crippen molar-refractivity contribution >= 4 is 28.7 Å². The van der Waals surface area contributed by atoms with E-state index in [4.69, 9.17) is 17.2 Å². The fraction of sp³-hybridized carbons (Fsp3) is 0.312. The summed E-state index contributed by atoms with van der Waals surface area (Å²) in [6.45, 7) is 15.1. The van der Waals surface area contributed by atoms with E-state index < -0.39 is 0 Å². The van der Waals surface area contributed by atoms with Crippen LogP contribution >= 0.6 is 12.2 Å². The van der Waals surface area contributed by atoms with E-state index in [2.05, 4.69) is 116 Å². The van der Waals surface area contributed by atoms with Gasteiger partial charge in [-0.25, -0.2) is 0 Å². The maximum absolute atomic E-state index is 5.98. The van der Waals surface area contributed by atoms with Crippen LogP contribution in [-0.2, 0) is 0 Å². The predicted octanol–water partition coefficient (Wildman–Crippen LogP) is 7.13. The molecule has 0 saturated carbocycles. The summed E-state index contributed by atoms with van der Waals surface area (Å²) < 4.78 is 2.36. The Bertz CT molecular complexity index is 1420. The molecule has 5 nitrogen and oxygen atoms in total. The highest BCUT2D eigenvalue weighted by molar-refractivity contribution is 7.80. The van der Waals surface area contributed by atoms with E-state index in [1.54, 1.807) is 0 Å². The van der Waals surface area contributed by atoms with Gasteiger partial charge in [-0.1, -0.05) is 12.1 Å². The Morgan fingerprint density at radius 3 is 2.16 bits per heavy atom. The van der Waals surface area contributed by atoms with Gasteiger partial charge in [-0.15, -0.1) is 0 Å². The molecule has 5 rings (SSSR count). The third kappa shape index (κ3) is 4.69. The Morgan fingerprint density at radius 1 is 0.868 bits per heavy atom. The van der Waals surface area contributed by atoms with Gasteiger partial charge in [0.2, 0.25) is 0 Å². The van der Waals surface area contributed by atoms with Gasteiger partial charge in [0, 0.05) is 47.7 Å². The number of hydrogen-bond acceptors (Lipinski definition) is 3. The lowest BCUT2D eigenvalue weighted by Gasteiger charge is -2.29.